The Kier molecular flexibility index (Phi) is 13.1. The Bertz CT molecular complexity index is 177. The van der Waals surface area contributed by atoms with Crippen LogP contribution in [0.1, 0.15) is 12.8 Å². The number of hydrogen-bond acceptors (Lipinski definition) is 6. The molecule has 0 fully saturated rings. The maximum Gasteiger partial charge on any atom is 0.158 e. The predicted molar refractivity (Wildman–Crippen MR) is 62.8 cm³/mol. The first-order chi connectivity index (χ1) is 8.31. The van der Waals surface area contributed by atoms with Gasteiger partial charge in [0.25, 0.3) is 0 Å². The van der Waals surface area contributed by atoms with Crippen molar-refractivity contribution in [3.05, 3.63) is 0 Å². The van der Waals surface area contributed by atoms with Crippen molar-refractivity contribution in [2.24, 2.45) is 5.73 Å². The SMILES string of the molecule is COCCOCCOCCCC(=O)COCN. The summed E-state index contributed by atoms with van der Waals surface area (Å²) < 4.78 is 20.1. The van der Waals surface area contributed by atoms with Crippen molar-refractivity contribution in [3.8, 4) is 0 Å². The molecule has 0 aromatic rings. The van der Waals surface area contributed by atoms with E-state index in [0.717, 1.165) is 0 Å². The van der Waals surface area contributed by atoms with E-state index in [9.17, 15) is 4.79 Å². The lowest BCUT2D eigenvalue weighted by Gasteiger charge is -2.05. The van der Waals surface area contributed by atoms with E-state index in [1.165, 1.54) is 0 Å². The third-order valence-electron chi connectivity index (χ3n) is 1.93. The summed E-state index contributed by atoms with van der Waals surface area (Å²) >= 11 is 0. The molecule has 0 atom stereocenters. The van der Waals surface area contributed by atoms with Gasteiger partial charge in [-0.2, -0.15) is 0 Å². The van der Waals surface area contributed by atoms with Crippen LogP contribution in [0.2, 0.25) is 0 Å². The highest BCUT2D eigenvalue weighted by atomic mass is 16.5. The Balaban J connectivity index is 3.05. The van der Waals surface area contributed by atoms with Crippen molar-refractivity contribution in [2.75, 3.05) is 53.5 Å². The fraction of sp³-hybridized carbons (Fsp3) is 0.909. The molecule has 102 valence electrons. The Hall–Kier alpha value is -0.530. The van der Waals surface area contributed by atoms with Crippen LogP contribution in [-0.4, -0.2) is 59.3 Å². The number of rotatable bonds is 13. The molecular weight excluding hydrogens is 226 g/mol. The van der Waals surface area contributed by atoms with Crippen molar-refractivity contribution in [2.45, 2.75) is 12.8 Å². The molecule has 0 rings (SSSR count). The first kappa shape index (κ1) is 16.5. The fourth-order valence-corrected chi connectivity index (χ4v) is 1.08. The minimum Gasteiger partial charge on any atom is -0.382 e. The molecule has 0 heterocycles. The standard InChI is InChI=1S/C11H23NO5/c1-14-5-6-16-8-7-15-4-2-3-11(13)9-17-10-12/h2-10,12H2,1H3. The van der Waals surface area contributed by atoms with Gasteiger partial charge in [0.15, 0.2) is 5.78 Å². The second-order valence-electron chi connectivity index (χ2n) is 3.37. The van der Waals surface area contributed by atoms with E-state index in [4.69, 9.17) is 24.7 Å². The Morgan fingerprint density at radius 1 is 1.00 bits per heavy atom. The smallest absolute Gasteiger partial charge is 0.158 e. The van der Waals surface area contributed by atoms with Gasteiger partial charge in [0.2, 0.25) is 0 Å². The topological polar surface area (TPSA) is 80.0 Å². The van der Waals surface area contributed by atoms with Crippen molar-refractivity contribution >= 4 is 5.78 Å². The number of carbonyl (C=O) groups is 1. The number of methoxy groups -OCH3 is 1. The highest BCUT2D eigenvalue weighted by Crippen LogP contribution is 1.93. The normalized spacial score (nSPS) is 10.7. The van der Waals surface area contributed by atoms with Gasteiger partial charge < -0.3 is 24.7 Å². The van der Waals surface area contributed by atoms with Crippen LogP contribution in [0.25, 0.3) is 0 Å². The van der Waals surface area contributed by atoms with E-state index in [0.29, 0.717) is 45.9 Å². The van der Waals surface area contributed by atoms with Crippen LogP contribution in [0.5, 0.6) is 0 Å². The molecule has 0 radical (unpaired) electrons. The highest BCUT2D eigenvalue weighted by Gasteiger charge is 2.00. The lowest BCUT2D eigenvalue weighted by atomic mass is 10.2. The summed E-state index contributed by atoms with van der Waals surface area (Å²) in [5.74, 6) is 0.0513. The molecule has 0 aliphatic carbocycles. The molecule has 0 aromatic heterocycles. The summed E-state index contributed by atoms with van der Waals surface area (Å²) in [6.07, 6.45) is 1.16. The zero-order valence-corrected chi connectivity index (χ0v) is 10.5. The van der Waals surface area contributed by atoms with Gasteiger partial charge in [0, 0.05) is 20.1 Å². The molecule has 6 nitrogen and oxygen atoms in total. The fourth-order valence-electron chi connectivity index (χ4n) is 1.08. The highest BCUT2D eigenvalue weighted by molar-refractivity contribution is 5.79. The molecule has 0 saturated heterocycles. The van der Waals surface area contributed by atoms with Crippen molar-refractivity contribution in [1.82, 2.24) is 0 Å². The number of carbonyl (C=O) groups excluding carboxylic acids is 1. The van der Waals surface area contributed by atoms with Crippen molar-refractivity contribution in [3.63, 3.8) is 0 Å². The average molecular weight is 249 g/mol. The monoisotopic (exact) mass is 249 g/mol. The van der Waals surface area contributed by atoms with Gasteiger partial charge in [-0.1, -0.05) is 0 Å². The molecule has 0 amide bonds. The molecule has 0 bridgehead atoms. The number of ether oxygens (including phenoxy) is 4. The van der Waals surface area contributed by atoms with Crippen LogP contribution < -0.4 is 5.73 Å². The minimum atomic E-state index is 0.0513. The van der Waals surface area contributed by atoms with Crippen LogP contribution in [-0.2, 0) is 23.7 Å². The van der Waals surface area contributed by atoms with E-state index in [1.54, 1.807) is 7.11 Å². The summed E-state index contributed by atoms with van der Waals surface area (Å²) in [7, 11) is 1.63. The minimum absolute atomic E-state index is 0.0513. The molecule has 0 spiro atoms. The van der Waals surface area contributed by atoms with E-state index < -0.39 is 0 Å². The maximum absolute atomic E-state index is 11.1. The third-order valence-corrected chi connectivity index (χ3v) is 1.93. The largest absolute Gasteiger partial charge is 0.382 e. The molecular formula is C11H23NO5. The Morgan fingerprint density at radius 3 is 2.29 bits per heavy atom. The molecule has 0 saturated carbocycles. The third kappa shape index (κ3) is 13.4. The molecule has 6 heteroatoms. The maximum atomic E-state index is 11.1. The van der Waals surface area contributed by atoms with Gasteiger partial charge in [0.05, 0.1) is 33.2 Å². The van der Waals surface area contributed by atoms with Gasteiger partial charge >= 0.3 is 0 Å². The average Bonchev–Trinajstić information content (AvgIpc) is 2.34. The van der Waals surface area contributed by atoms with Gasteiger partial charge in [-0.05, 0) is 6.42 Å². The molecule has 0 aliphatic rings. The van der Waals surface area contributed by atoms with Crippen LogP contribution >= 0.6 is 0 Å². The number of Topliss-reactive ketones (excluding diaryl/α,β-unsaturated/α-hetero) is 1. The summed E-state index contributed by atoms with van der Waals surface area (Å²) in [4.78, 5) is 11.1. The zero-order valence-electron chi connectivity index (χ0n) is 10.5. The van der Waals surface area contributed by atoms with Gasteiger partial charge in [0.1, 0.15) is 6.61 Å². The predicted octanol–water partition coefficient (Wildman–Crippen LogP) is -0.0519. The number of ketones is 1. The van der Waals surface area contributed by atoms with E-state index in [2.05, 4.69) is 0 Å². The summed E-state index contributed by atoms with van der Waals surface area (Å²) in [6.45, 7) is 2.99. The van der Waals surface area contributed by atoms with Gasteiger partial charge in [-0.15, -0.1) is 0 Å². The second kappa shape index (κ2) is 13.5. The van der Waals surface area contributed by atoms with Gasteiger partial charge in [-0.25, -0.2) is 0 Å². The Morgan fingerprint density at radius 2 is 1.65 bits per heavy atom. The molecule has 0 aliphatic heterocycles. The number of hydrogen-bond donors (Lipinski definition) is 1. The Labute approximate surface area is 102 Å². The number of nitrogens with two attached hydrogens (primary N) is 1. The van der Waals surface area contributed by atoms with Crippen molar-refractivity contribution in [1.29, 1.82) is 0 Å². The molecule has 0 aromatic carbocycles. The lowest BCUT2D eigenvalue weighted by Crippen LogP contribution is -2.14. The van der Waals surface area contributed by atoms with E-state index >= 15 is 0 Å². The van der Waals surface area contributed by atoms with E-state index in [1.807, 2.05) is 0 Å². The van der Waals surface area contributed by atoms with Crippen LogP contribution in [0.3, 0.4) is 0 Å². The summed E-state index contributed by atoms with van der Waals surface area (Å²) in [5.41, 5.74) is 5.10. The first-order valence-electron chi connectivity index (χ1n) is 5.75. The first-order valence-corrected chi connectivity index (χ1v) is 5.75. The summed E-state index contributed by atoms with van der Waals surface area (Å²) in [5, 5.41) is 0. The van der Waals surface area contributed by atoms with E-state index in [-0.39, 0.29) is 19.1 Å². The quantitative estimate of drug-likeness (QED) is 0.364. The summed E-state index contributed by atoms with van der Waals surface area (Å²) in [6, 6.07) is 0. The van der Waals surface area contributed by atoms with Gasteiger partial charge in [-0.3, -0.25) is 4.79 Å². The van der Waals surface area contributed by atoms with Crippen LogP contribution in [0, 0.1) is 0 Å². The van der Waals surface area contributed by atoms with Crippen LogP contribution in [0.4, 0.5) is 0 Å². The second-order valence-corrected chi connectivity index (χ2v) is 3.37. The van der Waals surface area contributed by atoms with Crippen LogP contribution in [0.15, 0.2) is 0 Å². The molecule has 2 N–H and O–H groups in total. The zero-order chi connectivity index (χ0) is 12.8. The molecule has 0 unspecified atom stereocenters. The molecule has 17 heavy (non-hydrogen) atoms. The van der Waals surface area contributed by atoms with Crippen molar-refractivity contribution < 1.29 is 23.7 Å². The lowest BCUT2D eigenvalue weighted by molar-refractivity contribution is -0.123.